The largest absolute Gasteiger partial charge is 0.461 e. The van der Waals surface area contributed by atoms with Gasteiger partial charge < -0.3 is 9.31 Å². The van der Waals surface area contributed by atoms with Gasteiger partial charge in [0.25, 0.3) is 0 Å². The molecule has 2 aliphatic rings. The molecule has 2 atom stereocenters. The molecule has 0 aromatic carbocycles. The summed E-state index contributed by atoms with van der Waals surface area (Å²) in [6.07, 6.45) is 5.28. The zero-order chi connectivity index (χ0) is 13.8. The standard InChI is InChI=1S/C14H23BN2O2/c1-6-17-9-10(8-16-17)11-7-12(11)15-18-13(2,3)14(4,5)19-15/h8-9,11-12H,6-7H2,1-5H3. The monoisotopic (exact) mass is 262 g/mol. The molecule has 5 heteroatoms. The highest BCUT2D eigenvalue weighted by Gasteiger charge is 2.60. The Balaban J connectivity index is 1.68. The van der Waals surface area contributed by atoms with Crippen molar-refractivity contribution in [3.63, 3.8) is 0 Å². The van der Waals surface area contributed by atoms with Crippen LogP contribution in [0, 0.1) is 0 Å². The summed E-state index contributed by atoms with van der Waals surface area (Å²) in [4.78, 5) is 0. The zero-order valence-electron chi connectivity index (χ0n) is 12.5. The summed E-state index contributed by atoms with van der Waals surface area (Å²) in [6, 6.07) is 0. The van der Waals surface area contributed by atoms with Crippen LogP contribution in [0.4, 0.5) is 0 Å². The topological polar surface area (TPSA) is 36.3 Å². The highest BCUT2D eigenvalue weighted by Crippen LogP contribution is 2.58. The lowest BCUT2D eigenvalue weighted by Gasteiger charge is -2.32. The summed E-state index contributed by atoms with van der Waals surface area (Å²) in [6.45, 7) is 11.5. The van der Waals surface area contributed by atoms with Crippen molar-refractivity contribution in [1.82, 2.24) is 9.78 Å². The lowest BCUT2D eigenvalue weighted by molar-refractivity contribution is 0.00578. The molecule has 0 amide bonds. The van der Waals surface area contributed by atoms with Gasteiger partial charge in [0.05, 0.1) is 17.4 Å². The van der Waals surface area contributed by atoms with Gasteiger partial charge in [-0.1, -0.05) is 0 Å². The molecule has 0 N–H and O–H groups in total. The van der Waals surface area contributed by atoms with Crippen LogP contribution in [0.15, 0.2) is 12.4 Å². The van der Waals surface area contributed by atoms with E-state index in [9.17, 15) is 0 Å². The third-order valence-electron chi connectivity index (χ3n) is 4.87. The Bertz CT molecular complexity index is 468. The van der Waals surface area contributed by atoms with Gasteiger partial charge in [-0.15, -0.1) is 0 Å². The van der Waals surface area contributed by atoms with E-state index < -0.39 is 0 Å². The van der Waals surface area contributed by atoms with Crippen molar-refractivity contribution in [3.05, 3.63) is 18.0 Å². The molecule has 2 unspecified atom stereocenters. The third kappa shape index (κ3) is 2.13. The normalized spacial score (nSPS) is 31.7. The lowest BCUT2D eigenvalue weighted by Crippen LogP contribution is -2.41. The van der Waals surface area contributed by atoms with Gasteiger partial charge in [0.1, 0.15) is 0 Å². The second kappa shape index (κ2) is 4.09. The fourth-order valence-corrected chi connectivity index (χ4v) is 2.71. The number of aromatic nitrogens is 2. The highest BCUT2D eigenvalue weighted by atomic mass is 16.7. The van der Waals surface area contributed by atoms with Gasteiger partial charge in [-0.2, -0.15) is 5.10 Å². The first-order chi connectivity index (χ1) is 8.84. The maximum absolute atomic E-state index is 6.12. The van der Waals surface area contributed by atoms with Crippen molar-refractivity contribution in [1.29, 1.82) is 0 Å². The number of hydrogen-bond acceptors (Lipinski definition) is 3. The van der Waals surface area contributed by atoms with E-state index in [0.717, 1.165) is 13.0 Å². The molecular formula is C14H23BN2O2. The molecule has 104 valence electrons. The summed E-state index contributed by atoms with van der Waals surface area (Å²) >= 11 is 0. The molecular weight excluding hydrogens is 239 g/mol. The fraction of sp³-hybridized carbons (Fsp3) is 0.786. The van der Waals surface area contributed by atoms with E-state index in [2.05, 4.69) is 45.9 Å². The highest BCUT2D eigenvalue weighted by molar-refractivity contribution is 6.49. The second-order valence-electron chi connectivity index (χ2n) is 6.76. The van der Waals surface area contributed by atoms with Gasteiger partial charge in [0.2, 0.25) is 0 Å². The Morgan fingerprint density at radius 1 is 1.32 bits per heavy atom. The van der Waals surface area contributed by atoms with E-state index in [4.69, 9.17) is 9.31 Å². The van der Waals surface area contributed by atoms with Gasteiger partial charge in [-0.3, -0.25) is 4.68 Å². The van der Waals surface area contributed by atoms with Crippen LogP contribution in [0.25, 0.3) is 0 Å². The molecule has 19 heavy (non-hydrogen) atoms. The number of hydrogen-bond donors (Lipinski definition) is 0. The third-order valence-corrected chi connectivity index (χ3v) is 4.87. The van der Waals surface area contributed by atoms with E-state index in [1.54, 1.807) is 0 Å². The Morgan fingerprint density at radius 3 is 2.47 bits per heavy atom. The van der Waals surface area contributed by atoms with Crippen LogP contribution >= 0.6 is 0 Å². The van der Waals surface area contributed by atoms with Crippen molar-refractivity contribution >= 4 is 7.12 Å². The van der Waals surface area contributed by atoms with E-state index in [0.29, 0.717) is 11.7 Å². The molecule has 1 aromatic heterocycles. The van der Waals surface area contributed by atoms with Crippen LogP contribution in [-0.4, -0.2) is 28.1 Å². The van der Waals surface area contributed by atoms with Crippen molar-refractivity contribution in [2.75, 3.05) is 0 Å². The van der Waals surface area contributed by atoms with Gasteiger partial charge in [0.15, 0.2) is 0 Å². The summed E-state index contributed by atoms with van der Waals surface area (Å²) < 4.78 is 14.2. The molecule has 0 spiro atoms. The Kier molecular flexibility index (Phi) is 2.84. The van der Waals surface area contributed by atoms with Crippen LogP contribution in [0.2, 0.25) is 5.82 Å². The summed E-state index contributed by atoms with van der Waals surface area (Å²) in [7, 11) is -0.0695. The fourth-order valence-electron chi connectivity index (χ4n) is 2.71. The van der Waals surface area contributed by atoms with Crippen LogP contribution in [0.5, 0.6) is 0 Å². The second-order valence-corrected chi connectivity index (χ2v) is 6.76. The smallest absolute Gasteiger partial charge is 0.403 e. The molecule has 4 nitrogen and oxygen atoms in total. The van der Waals surface area contributed by atoms with E-state index in [-0.39, 0.29) is 18.3 Å². The number of aryl methyl sites for hydroxylation is 1. The predicted molar refractivity (Wildman–Crippen MR) is 75.1 cm³/mol. The Labute approximate surface area is 115 Å². The minimum absolute atomic E-state index is 0.0695. The van der Waals surface area contributed by atoms with Gasteiger partial charge >= 0.3 is 7.12 Å². The maximum atomic E-state index is 6.12. The lowest BCUT2D eigenvalue weighted by atomic mass is 9.80. The molecule has 2 fully saturated rings. The molecule has 0 radical (unpaired) electrons. The molecule has 1 saturated carbocycles. The van der Waals surface area contributed by atoms with Crippen LogP contribution in [0.3, 0.4) is 0 Å². The summed E-state index contributed by atoms with van der Waals surface area (Å²) in [5.41, 5.74) is 0.873. The SMILES string of the molecule is CCn1cc(C2CC2B2OC(C)(C)C(C)(C)O2)cn1. The molecule has 3 rings (SSSR count). The first-order valence-electron chi connectivity index (χ1n) is 7.22. The first-order valence-corrected chi connectivity index (χ1v) is 7.22. The average Bonchev–Trinajstić information content (AvgIpc) is 2.91. The Morgan fingerprint density at radius 2 is 1.95 bits per heavy atom. The van der Waals surface area contributed by atoms with E-state index in [1.165, 1.54) is 5.56 Å². The van der Waals surface area contributed by atoms with Gasteiger partial charge in [-0.05, 0) is 52.5 Å². The molecule has 1 aromatic rings. The quantitative estimate of drug-likeness (QED) is 0.786. The van der Waals surface area contributed by atoms with Crippen molar-refractivity contribution in [3.8, 4) is 0 Å². The predicted octanol–water partition coefficient (Wildman–Crippen LogP) is 2.85. The van der Waals surface area contributed by atoms with Crippen LogP contribution in [-0.2, 0) is 15.9 Å². The molecule has 1 aliphatic heterocycles. The van der Waals surface area contributed by atoms with Crippen molar-refractivity contribution in [2.45, 2.75) is 70.5 Å². The molecule has 1 saturated heterocycles. The average molecular weight is 262 g/mol. The van der Waals surface area contributed by atoms with Crippen LogP contribution < -0.4 is 0 Å². The van der Waals surface area contributed by atoms with Gasteiger partial charge in [0, 0.05) is 18.6 Å². The minimum Gasteiger partial charge on any atom is -0.403 e. The van der Waals surface area contributed by atoms with E-state index in [1.807, 2.05) is 10.9 Å². The maximum Gasteiger partial charge on any atom is 0.461 e. The van der Waals surface area contributed by atoms with Crippen molar-refractivity contribution < 1.29 is 9.31 Å². The summed E-state index contributed by atoms with van der Waals surface area (Å²) in [5, 5.41) is 4.35. The molecule has 0 bridgehead atoms. The van der Waals surface area contributed by atoms with E-state index >= 15 is 0 Å². The summed E-state index contributed by atoms with van der Waals surface area (Å²) in [5.74, 6) is 1.03. The first kappa shape index (κ1) is 13.2. The number of rotatable bonds is 3. The minimum atomic E-state index is -0.224. The Hall–Kier alpha value is -0.805. The van der Waals surface area contributed by atoms with Crippen molar-refractivity contribution in [2.24, 2.45) is 0 Å². The molecule has 1 aliphatic carbocycles. The number of nitrogens with zero attached hydrogens (tertiary/aromatic N) is 2. The zero-order valence-corrected chi connectivity index (χ0v) is 12.5. The van der Waals surface area contributed by atoms with Gasteiger partial charge in [-0.25, -0.2) is 0 Å². The van der Waals surface area contributed by atoms with Crippen LogP contribution in [0.1, 0.15) is 52.5 Å². The molecule has 2 heterocycles.